The van der Waals surface area contributed by atoms with E-state index in [9.17, 15) is 4.79 Å². The van der Waals surface area contributed by atoms with Gasteiger partial charge in [-0.25, -0.2) is 4.98 Å². The van der Waals surface area contributed by atoms with Crippen molar-refractivity contribution in [2.75, 3.05) is 18.4 Å². The van der Waals surface area contributed by atoms with E-state index in [1.165, 1.54) is 5.56 Å². The number of carbonyl (C=O) groups is 1. The van der Waals surface area contributed by atoms with Crippen molar-refractivity contribution in [3.05, 3.63) is 88.4 Å². The second-order valence-corrected chi connectivity index (χ2v) is 10.2. The van der Waals surface area contributed by atoms with Gasteiger partial charge < -0.3 is 10.2 Å². The van der Waals surface area contributed by atoms with Crippen molar-refractivity contribution >= 4 is 33.3 Å². The van der Waals surface area contributed by atoms with Gasteiger partial charge in [0.25, 0.3) is 0 Å². The first-order chi connectivity index (χ1) is 17.4. The van der Waals surface area contributed by atoms with E-state index in [-0.39, 0.29) is 11.8 Å². The highest BCUT2D eigenvalue weighted by Gasteiger charge is 2.25. The standard InChI is InChI=1S/C19H21BrN6O.C9H12/c1-13(27)25-7-3-5-15(12-25)17-8-18(22-10-14-4-2-6-21-9-14)26-19(24-17)16(20)11-23-26;1-8(2)9-6-4-3-5-7-9/h2,4,6,8-9,11,15,22H,3,5,7,10,12H2,1H3;3-8H,1-2H3. The van der Waals surface area contributed by atoms with Crippen molar-refractivity contribution < 1.29 is 4.79 Å². The lowest BCUT2D eigenvalue weighted by molar-refractivity contribution is -0.130. The summed E-state index contributed by atoms with van der Waals surface area (Å²) in [6.07, 6.45) is 7.39. The van der Waals surface area contributed by atoms with Crippen LogP contribution in [0.15, 0.2) is 71.6 Å². The molecule has 0 radical (unpaired) electrons. The summed E-state index contributed by atoms with van der Waals surface area (Å²) in [5.74, 6) is 1.89. The van der Waals surface area contributed by atoms with E-state index in [1.807, 2.05) is 29.3 Å². The van der Waals surface area contributed by atoms with Gasteiger partial charge in [0.2, 0.25) is 5.91 Å². The van der Waals surface area contributed by atoms with E-state index in [2.05, 4.69) is 75.5 Å². The topological polar surface area (TPSA) is 75.4 Å². The number of amides is 1. The number of rotatable bonds is 5. The largest absolute Gasteiger partial charge is 0.366 e. The second kappa shape index (κ2) is 12.1. The fraction of sp³-hybridized carbons (Fsp3) is 0.357. The number of nitrogens with one attached hydrogen (secondary N) is 1. The molecule has 1 aromatic carbocycles. The molecular formula is C28H33BrN6O. The highest BCUT2D eigenvalue weighted by atomic mass is 79.9. The van der Waals surface area contributed by atoms with E-state index in [0.717, 1.165) is 46.6 Å². The first-order valence-corrected chi connectivity index (χ1v) is 13.2. The molecule has 0 bridgehead atoms. The summed E-state index contributed by atoms with van der Waals surface area (Å²) in [6.45, 7) is 8.23. The number of halogens is 1. The summed E-state index contributed by atoms with van der Waals surface area (Å²) >= 11 is 3.54. The van der Waals surface area contributed by atoms with Gasteiger partial charge in [0.05, 0.1) is 16.4 Å². The number of carbonyl (C=O) groups excluding carboxylic acids is 1. The van der Waals surface area contributed by atoms with Crippen LogP contribution >= 0.6 is 15.9 Å². The molecule has 0 aliphatic carbocycles. The molecule has 0 spiro atoms. The molecule has 1 N–H and O–H groups in total. The third-order valence-corrected chi connectivity index (χ3v) is 6.96. The number of hydrogen-bond donors (Lipinski definition) is 1. The molecule has 1 aliphatic rings. The Balaban J connectivity index is 0.000000286. The summed E-state index contributed by atoms with van der Waals surface area (Å²) in [4.78, 5) is 22.7. The number of fused-ring (bicyclic) bond motifs is 1. The normalized spacial score (nSPS) is 15.5. The first kappa shape index (κ1) is 25.8. The predicted molar refractivity (Wildman–Crippen MR) is 147 cm³/mol. The van der Waals surface area contributed by atoms with Crippen LogP contribution in [0, 0.1) is 0 Å². The van der Waals surface area contributed by atoms with Crippen molar-refractivity contribution in [3.8, 4) is 0 Å². The van der Waals surface area contributed by atoms with Gasteiger partial charge in [-0.15, -0.1) is 0 Å². The van der Waals surface area contributed by atoms with Gasteiger partial charge in [0.1, 0.15) is 5.82 Å². The van der Waals surface area contributed by atoms with Crippen LogP contribution in [0.2, 0.25) is 0 Å². The number of aromatic nitrogens is 4. The van der Waals surface area contributed by atoms with Crippen LogP contribution < -0.4 is 5.32 Å². The number of piperidine rings is 1. The van der Waals surface area contributed by atoms with Crippen molar-refractivity contribution in [1.82, 2.24) is 24.5 Å². The number of nitrogens with zero attached hydrogens (tertiary/aromatic N) is 5. The number of pyridine rings is 1. The van der Waals surface area contributed by atoms with Crippen LogP contribution in [0.1, 0.15) is 62.3 Å². The lowest BCUT2D eigenvalue weighted by atomic mass is 9.94. The molecule has 1 aliphatic heterocycles. The molecule has 1 fully saturated rings. The molecule has 5 rings (SSSR count). The number of benzene rings is 1. The van der Waals surface area contributed by atoms with E-state index in [4.69, 9.17) is 4.98 Å². The molecule has 4 heterocycles. The van der Waals surface area contributed by atoms with Gasteiger partial charge in [-0.05, 0) is 51.9 Å². The molecular weight excluding hydrogens is 516 g/mol. The third kappa shape index (κ3) is 6.49. The van der Waals surface area contributed by atoms with Crippen LogP contribution in [-0.2, 0) is 11.3 Å². The highest BCUT2D eigenvalue weighted by Crippen LogP contribution is 2.29. The van der Waals surface area contributed by atoms with E-state index >= 15 is 0 Å². The summed E-state index contributed by atoms with van der Waals surface area (Å²) in [5, 5.41) is 7.87. The summed E-state index contributed by atoms with van der Waals surface area (Å²) in [6, 6.07) is 16.5. The fourth-order valence-electron chi connectivity index (χ4n) is 4.33. The van der Waals surface area contributed by atoms with Crippen molar-refractivity contribution in [2.24, 2.45) is 0 Å². The van der Waals surface area contributed by atoms with Crippen LogP contribution in [0.5, 0.6) is 0 Å². The molecule has 36 heavy (non-hydrogen) atoms. The van der Waals surface area contributed by atoms with E-state index < -0.39 is 0 Å². The Morgan fingerprint density at radius 2 is 1.97 bits per heavy atom. The van der Waals surface area contributed by atoms with Gasteiger partial charge >= 0.3 is 0 Å². The number of anilines is 1. The third-order valence-electron chi connectivity index (χ3n) is 6.40. The predicted octanol–water partition coefficient (Wildman–Crippen LogP) is 6.03. The van der Waals surface area contributed by atoms with Gasteiger partial charge in [0.15, 0.2) is 5.65 Å². The smallest absolute Gasteiger partial charge is 0.219 e. The lowest BCUT2D eigenvalue weighted by Crippen LogP contribution is -2.37. The zero-order chi connectivity index (χ0) is 25.5. The summed E-state index contributed by atoms with van der Waals surface area (Å²) in [7, 11) is 0. The summed E-state index contributed by atoms with van der Waals surface area (Å²) < 4.78 is 2.66. The van der Waals surface area contributed by atoms with Crippen LogP contribution in [0.25, 0.3) is 5.65 Å². The minimum absolute atomic E-state index is 0.126. The molecule has 1 atom stereocenters. The molecule has 1 saturated heterocycles. The van der Waals surface area contributed by atoms with Gasteiger partial charge in [0, 0.05) is 50.9 Å². The maximum Gasteiger partial charge on any atom is 0.219 e. The summed E-state index contributed by atoms with van der Waals surface area (Å²) in [5.41, 5.74) is 4.28. The average Bonchev–Trinajstić information content (AvgIpc) is 3.29. The zero-order valence-electron chi connectivity index (χ0n) is 21.1. The van der Waals surface area contributed by atoms with E-state index in [1.54, 1.807) is 23.8 Å². The molecule has 1 amide bonds. The van der Waals surface area contributed by atoms with Crippen molar-refractivity contribution in [2.45, 2.75) is 52.0 Å². The highest BCUT2D eigenvalue weighted by molar-refractivity contribution is 9.10. The second-order valence-electron chi connectivity index (χ2n) is 9.38. The number of likely N-dealkylation sites (tertiary alicyclic amines) is 1. The lowest BCUT2D eigenvalue weighted by Gasteiger charge is -2.32. The molecule has 0 saturated carbocycles. The van der Waals surface area contributed by atoms with Crippen molar-refractivity contribution in [1.29, 1.82) is 0 Å². The zero-order valence-corrected chi connectivity index (χ0v) is 22.6. The number of hydrogen-bond acceptors (Lipinski definition) is 5. The molecule has 8 heteroatoms. The fourth-order valence-corrected chi connectivity index (χ4v) is 4.68. The maximum absolute atomic E-state index is 11.8. The molecule has 188 valence electrons. The Morgan fingerprint density at radius 1 is 1.17 bits per heavy atom. The van der Waals surface area contributed by atoms with Crippen LogP contribution in [0.4, 0.5) is 5.82 Å². The molecule has 3 aromatic heterocycles. The van der Waals surface area contributed by atoms with Gasteiger partial charge in [-0.2, -0.15) is 9.61 Å². The Morgan fingerprint density at radius 3 is 2.64 bits per heavy atom. The monoisotopic (exact) mass is 548 g/mol. The molecule has 7 nitrogen and oxygen atoms in total. The van der Waals surface area contributed by atoms with Crippen LogP contribution in [-0.4, -0.2) is 43.5 Å². The minimum atomic E-state index is 0.126. The minimum Gasteiger partial charge on any atom is -0.366 e. The van der Waals surface area contributed by atoms with Crippen LogP contribution in [0.3, 0.4) is 0 Å². The molecule has 4 aromatic rings. The Bertz CT molecular complexity index is 1280. The van der Waals surface area contributed by atoms with Crippen molar-refractivity contribution in [3.63, 3.8) is 0 Å². The van der Waals surface area contributed by atoms with Gasteiger partial charge in [-0.1, -0.05) is 50.2 Å². The Hall–Kier alpha value is -3.26. The average molecular weight is 550 g/mol. The first-order valence-electron chi connectivity index (χ1n) is 12.4. The maximum atomic E-state index is 11.8. The Labute approximate surface area is 221 Å². The molecule has 1 unspecified atom stereocenters. The van der Waals surface area contributed by atoms with Gasteiger partial charge in [-0.3, -0.25) is 9.78 Å². The van der Waals surface area contributed by atoms with E-state index in [0.29, 0.717) is 19.0 Å². The SMILES string of the molecule is CC(=O)N1CCCC(c2cc(NCc3cccnc3)n3ncc(Br)c3n2)C1.CC(C)c1ccccc1. The quantitative estimate of drug-likeness (QED) is 0.329. The Kier molecular flexibility index (Phi) is 8.70.